The summed E-state index contributed by atoms with van der Waals surface area (Å²) in [5.74, 6) is -0.232. The SMILES string of the molecule is CC[C@@H](CO)NCc1ccc(Br)cc1F. The standard InChI is InChI=1S/C11H15BrFNO/c1-2-10(7-15)14-6-8-3-4-9(12)5-11(8)13/h3-5,10,14-15H,2,6-7H2,1H3/t10-/m0/s1. The summed E-state index contributed by atoms with van der Waals surface area (Å²) < 4.78 is 14.1. The van der Waals surface area contributed by atoms with Gasteiger partial charge < -0.3 is 10.4 Å². The van der Waals surface area contributed by atoms with Gasteiger partial charge in [-0.3, -0.25) is 0 Å². The average molecular weight is 276 g/mol. The fourth-order valence-electron chi connectivity index (χ4n) is 1.26. The van der Waals surface area contributed by atoms with Gasteiger partial charge in [0.05, 0.1) is 6.61 Å². The molecule has 0 unspecified atom stereocenters. The largest absolute Gasteiger partial charge is 0.395 e. The number of aliphatic hydroxyl groups is 1. The maximum absolute atomic E-state index is 13.4. The molecule has 0 aromatic heterocycles. The smallest absolute Gasteiger partial charge is 0.128 e. The molecule has 4 heteroatoms. The highest BCUT2D eigenvalue weighted by molar-refractivity contribution is 9.10. The molecule has 0 aliphatic carbocycles. The molecule has 0 bridgehead atoms. The topological polar surface area (TPSA) is 32.3 Å². The van der Waals surface area contributed by atoms with Crippen LogP contribution in [0.2, 0.25) is 0 Å². The summed E-state index contributed by atoms with van der Waals surface area (Å²) in [4.78, 5) is 0. The minimum absolute atomic E-state index is 0.0352. The molecule has 1 atom stereocenters. The summed E-state index contributed by atoms with van der Waals surface area (Å²) in [7, 11) is 0. The van der Waals surface area contributed by atoms with E-state index >= 15 is 0 Å². The summed E-state index contributed by atoms with van der Waals surface area (Å²) in [5, 5.41) is 12.0. The van der Waals surface area contributed by atoms with E-state index in [9.17, 15) is 4.39 Å². The van der Waals surface area contributed by atoms with Crippen LogP contribution in [0.25, 0.3) is 0 Å². The molecule has 84 valence electrons. The van der Waals surface area contributed by atoms with Crippen LogP contribution in [-0.2, 0) is 6.54 Å². The van der Waals surface area contributed by atoms with Crippen LogP contribution in [0.4, 0.5) is 4.39 Å². The van der Waals surface area contributed by atoms with Crippen LogP contribution in [0.1, 0.15) is 18.9 Å². The van der Waals surface area contributed by atoms with Crippen molar-refractivity contribution in [2.24, 2.45) is 0 Å². The Morgan fingerprint density at radius 3 is 2.80 bits per heavy atom. The van der Waals surface area contributed by atoms with Gasteiger partial charge in [-0.2, -0.15) is 0 Å². The van der Waals surface area contributed by atoms with Gasteiger partial charge in [0.15, 0.2) is 0 Å². The molecule has 0 saturated carbocycles. The second kappa shape index (κ2) is 6.20. The molecule has 15 heavy (non-hydrogen) atoms. The summed E-state index contributed by atoms with van der Waals surface area (Å²) in [6, 6.07) is 5.01. The molecule has 1 rings (SSSR count). The molecule has 0 amide bonds. The Morgan fingerprint density at radius 1 is 1.53 bits per heavy atom. The quantitative estimate of drug-likeness (QED) is 0.865. The Morgan fingerprint density at radius 2 is 2.27 bits per heavy atom. The minimum atomic E-state index is -0.232. The molecular weight excluding hydrogens is 261 g/mol. The van der Waals surface area contributed by atoms with Crippen molar-refractivity contribution in [3.63, 3.8) is 0 Å². The fraction of sp³-hybridized carbons (Fsp3) is 0.455. The molecule has 0 radical (unpaired) electrons. The third-order valence-electron chi connectivity index (χ3n) is 2.31. The second-order valence-electron chi connectivity index (χ2n) is 3.40. The average Bonchev–Trinajstić information content (AvgIpc) is 2.22. The third-order valence-corrected chi connectivity index (χ3v) is 2.80. The molecular formula is C11H15BrFNO. The lowest BCUT2D eigenvalue weighted by Gasteiger charge is -2.14. The van der Waals surface area contributed by atoms with Gasteiger partial charge in [-0.15, -0.1) is 0 Å². The van der Waals surface area contributed by atoms with Gasteiger partial charge >= 0.3 is 0 Å². The molecule has 2 N–H and O–H groups in total. The molecule has 0 saturated heterocycles. The van der Waals surface area contributed by atoms with Crippen LogP contribution in [-0.4, -0.2) is 17.8 Å². The Balaban J connectivity index is 2.57. The predicted octanol–water partition coefficient (Wildman–Crippen LogP) is 2.45. The zero-order valence-corrected chi connectivity index (χ0v) is 10.2. The van der Waals surface area contributed by atoms with E-state index in [2.05, 4.69) is 21.2 Å². The Kier molecular flexibility index (Phi) is 5.22. The van der Waals surface area contributed by atoms with Crippen molar-refractivity contribution in [2.45, 2.75) is 25.9 Å². The number of hydrogen-bond acceptors (Lipinski definition) is 2. The Labute approximate surface area is 97.6 Å². The fourth-order valence-corrected chi connectivity index (χ4v) is 1.59. The Bertz CT molecular complexity index is 315. The van der Waals surface area contributed by atoms with E-state index in [0.29, 0.717) is 12.1 Å². The summed E-state index contributed by atoms with van der Waals surface area (Å²) in [6.45, 7) is 2.50. The van der Waals surface area contributed by atoms with Gasteiger partial charge in [-0.25, -0.2) is 4.39 Å². The monoisotopic (exact) mass is 275 g/mol. The lowest BCUT2D eigenvalue weighted by Crippen LogP contribution is -2.31. The van der Waals surface area contributed by atoms with Crippen LogP contribution in [0.5, 0.6) is 0 Å². The first-order valence-corrected chi connectivity index (χ1v) is 5.74. The first-order valence-electron chi connectivity index (χ1n) is 4.95. The second-order valence-corrected chi connectivity index (χ2v) is 4.32. The van der Waals surface area contributed by atoms with Gasteiger partial charge in [-0.05, 0) is 18.6 Å². The molecule has 0 fully saturated rings. The van der Waals surface area contributed by atoms with Crippen molar-refractivity contribution in [1.82, 2.24) is 5.32 Å². The molecule has 0 aliphatic heterocycles. The minimum Gasteiger partial charge on any atom is -0.395 e. The molecule has 0 spiro atoms. The lowest BCUT2D eigenvalue weighted by molar-refractivity contribution is 0.238. The van der Waals surface area contributed by atoms with Crippen molar-refractivity contribution in [3.05, 3.63) is 34.1 Å². The number of benzene rings is 1. The normalized spacial score (nSPS) is 12.8. The first-order chi connectivity index (χ1) is 7.17. The number of rotatable bonds is 5. The van der Waals surface area contributed by atoms with Gasteiger partial charge in [-0.1, -0.05) is 28.9 Å². The van der Waals surface area contributed by atoms with E-state index in [-0.39, 0.29) is 18.5 Å². The molecule has 0 aliphatic rings. The van der Waals surface area contributed by atoms with Gasteiger partial charge in [0, 0.05) is 22.6 Å². The van der Waals surface area contributed by atoms with E-state index in [4.69, 9.17) is 5.11 Å². The van der Waals surface area contributed by atoms with Gasteiger partial charge in [0.2, 0.25) is 0 Å². The number of aliphatic hydroxyl groups excluding tert-OH is 1. The van der Waals surface area contributed by atoms with Crippen LogP contribution in [0.15, 0.2) is 22.7 Å². The summed E-state index contributed by atoms with van der Waals surface area (Å²) in [5.41, 5.74) is 0.616. The van der Waals surface area contributed by atoms with E-state index in [1.165, 1.54) is 6.07 Å². The predicted molar refractivity (Wildman–Crippen MR) is 62.1 cm³/mol. The number of hydrogen-bond donors (Lipinski definition) is 2. The van der Waals surface area contributed by atoms with Crippen molar-refractivity contribution in [2.75, 3.05) is 6.61 Å². The van der Waals surface area contributed by atoms with Crippen LogP contribution in [0, 0.1) is 5.82 Å². The highest BCUT2D eigenvalue weighted by atomic mass is 79.9. The lowest BCUT2D eigenvalue weighted by atomic mass is 10.2. The maximum atomic E-state index is 13.4. The summed E-state index contributed by atoms with van der Waals surface area (Å²) >= 11 is 3.20. The maximum Gasteiger partial charge on any atom is 0.128 e. The van der Waals surface area contributed by atoms with E-state index in [1.807, 2.05) is 6.92 Å². The zero-order chi connectivity index (χ0) is 11.3. The van der Waals surface area contributed by atoms with Crippen LogP contribution < -0.4 is 5.32 Å². The highest BCUT2D eigenvalue weighted by Gasteiger charge is 2.06. The van der Waals surface area contributed by atoms with Crippen molar-refractivity contribution in [3.8, 4) is 0 Å². The first kappa shape index (κ1) is 12.6. The molecule has 1 aromatic rings. The van der Waals surface area contributed by atoms with Crippen LogP contribution in [0.3, 0.4) is 0 Å². The zero-order valence-electron chi connectivity index (χ0n) is 8.63. The molecule has 1 aromatic carbocycles. The van der Waals surface area contributed by atoms with Crippen molar-refractivity contribution >= 4 is 15.9 Å². The van der Waals surface area contributed by atoms with Gasteiger partial charge in [0.1, 0.15) is 5.82 Å². The Hall–Kier alpha value is -0.450. The number of nitrogens with one attached hydrogen (secondary N) is 1. The third kappa shape index (κ3) is 3.89. The van der Waals surface area contributed by atoms with E-state index in [0.717, 1.165) is 10.9 Å². The molecule has 0 heterocycles. The van der Waals surface area contributed by atoms with Crippen LogP contribution >= 0.6 is 15.9 Å². The van der Waals surface area contributed by atoms with E-state index in [1.54, 1.807) is 12.1 Å². The van der Waals surface area contributed by atoms with E-state index < -0.39 is 0 Å². The molecule has 2 nitrogen and oxygen atoms in total. The van der Waals surface area contributed by atoms with Gasteiger partial charge in [0.25, 0.3) is 0 Å². The highest BCUT2D eigenvalue weighted by Crippen LogP contribution is 2.15. The van der Waals surface area contributed by atoms with Crippen molar-refractivity contribution < 1.29 is 9.50 Å². The summed E-state index contributed by atoms with van der Waals surface area (Å²) in [6.07, 6.45) is 0.828. The van der Waals surface area contributed by atoms with Crippen molar-refractivity contribution in [1.29, 1.82) is 0 Å². The number of halogens is 2.